The molecule has 0 fully saturated rings. The zero-order chi connectivity index (χ0) is 15.4. The molecule has 0 saturated carbocycles. The molecule has 1 aliphatic rings. The van der Waals surface area contributed by atoms with E-state index in [-0.39, 0.29) is 12.5 Å². The summed E-state index contributed by atoms with van der Waals surface area (Å²) in [5.74, 6) is 1.74. The lowest BCUT2D eigenvalue weighted by atomic mass is 10.2. The molecule has 0 aromatic heterocycles. The van der Waals surface area contributed by atoms with E-state index in [1.807, 2.05) is 47.4 Å². The first-order valence-corrected chi connectivity index (χ1v) is 8.17. The van der Waals surface area contributed by atoms with Gasteiger partial charge in [0.1, 0.15) is 5.75 Å². The predicted molar refractivity (Wildman–Crippen MR) is 91.0 cm³/mol. The lowest BCUT2D eigenvalue weighted by Gasteiger charge is -2.29. The van der Waals surface area contributed by atoms with E-state index in [1.54, 1.807) is 18.9 Å². The molecule has 0 unspecified atom stereocenters. The molecule has 1 N–H and O–H groups in total. The number of nitrogens with one attached hydrogen (secondary N) is 1. The smallest absolute Gasteiger partial charge is 0.246 e. The summed E-state index contributed by atoms with van der Waals surface area (Å²) in [5.41, 5.74) is 1.84. The zero-order valence-electron chi connectivity index (χ0n) is 12.4. The van der Waals surface area contributed by atoms with Crippen LogP contribution in [0.3, 0.4) is 0 Å². The van der Waals surface area contributed by atoms with Crippen LogP contribution in [0.1, 0.15) is 0 Å². The lowest BCUT2D eigenvalue weighted by molar-refractivity contribution is -0.117. The summed E-state index contributed by atoms with van der Waals surface area (Å²) in [6.45, 7) is 0.994. The van der Waals surface area contributed by atoms with Gasteiger partial charge in [0, 0.05) is 17.2 Å². The summed E-state index contributed by atoms with van der Waals surface area (Å²) >= 11 is 1.80. The second-order valence-electron chi connectivity index (χ2n) is 4.92. The molecule has 4 nitrogen and oxygen atoms in total. The molecule has 1 aliphatic heterocycles. The quantitative estimate of drug-likeness (QED) is 0.940. The van der Waals surface area contributed by atoms with Crippen LogP contribution in [0.15, 0.2) is 53.4 Å². The van der Waals surface area contributed by atoms with Gasteiger partial charge in [0.2, 0.25) is 5.91 Å². The van der Waals surface area contributed by atoms with Crippen molar-refractivity contribution in [1.29, 1.82) is 0 Å². The van der Waals surface area contributed by atoms with Crippen molar-refractivity contribution in [3.8, 4) is 5.75 Å². The highest BCUT2D eigenvalue weighted by Crippen LogP contribution is 2.34. The summed E-state index contributed by atoms with van der Waals surface area (Å²) in [5, 5.41) is 3.17. The molecule has 2 aromatic rings. The maximum Gasteiger partial charge on any atom is 0.246 e. The van der Waals surface area contributed by atoms with Gasteiger partial charge in [-0.05, 0) is 24.3 Å². The van der Waals surface area contributed by atoms with Gasteiger partial charge in [0.05, 0.1) is 25.0 Å². The third-order valence-electron chi connectivity index (χ3n) is 3.57. The van der Waals surface area contributed by atoms with Crippen molar-refractivity contribution < 1.29 is 9.53 Å². The highest BCUT2D eigenvalue weighted by atomic mass is 32.2. The molecule has 0 aliphatic carbocycles. The summed E-state index contributed by atoms with van der Waals surface area (Å²) in [6, 6.07) is 15.7. The molecular weight excluding hydrogens is 296 g/mol. The standard InChI is InChI=1S/C17H18N2O2S/c1-21-15-8-4-2-6-13(15)18-12-17(20)19-10-11-22-16-9-5-3-7-14(16)19/h2-9,18H,10-12H2,1H3. The Morgan fingerprint density at radius 1 is 1.23 bits per heavy atom. The Kier molecular flexibility index (Phi) is 4.53. The van der Waals surface area contributed by atoms with E-state index in [2.05, 4.69) is 11.4 Å². The number of carbonyl (C=O) groups is 1. The van der Waals surface area contributed by atoms with Crippen LogP contribution in [0.5, 0.6) is 5.75 Å². The SMILES string of the molecule is COc1ccccc1NCC(=O)N1CCSc2ccccc21. The number of nitrogens with zero attached hydrogens (tertiary/aromatic N) is 1. The molecule has 1 amide bonds. The maximum atomic E-state index is 12.5. The van der Waals surface area contributed by atoms with Gasteiger partial charge in [0.25, 0.3) is 0 Å². The van der Waals surface area contributed by atoms with Gasteiger partial charge in [-0.3, -0.25) is 4.79 Å². The van der Waals surface area contributed by atoms with Crippen molar-refractivity contribution in [2.45, 2.75) is 4.90 Å². The number of hydrogen-bond acceptors (Lipinski definition) is 4. The number of fused-ring (bicyclic) bond motifs is 1. The van der Waals surface area contributed by atoms with E-state index in [4.69, 9.17) is 4.74 Å². The molecular formula is C17H18N2O2S. The minimum atomic E-state index is 0.0682. The van der Waals surface area contributed by atoms with Gasteiger partial charge in [-0.15, -0.1) is 11.8 Å². The number of amides is 1. The van der Waals surface area contributed by atoms with E-state index in [0.29, 0.717) is 0 Å². The van der Waals surface area contributed by atoms with Crippen LogP contribution in [0.4, 0.5) is 11.4 Å². The number of thioether (sulfide) groups is 1. The molecule has 0 radical (unpaired) electrons. The number of hydrogen-bond donors (Lipinski definition) is 1. The minimum Gasteiger partial charge on any atom is -0.495 e. The largest absolute Gasteiger partial charge is 0.495 e. The van der Waals surface area contributed by atoms with E-state index in [1.165, 1.54) is 4.90 Å². The molecule has 2 aromatic carbocycles. The normalized spacial score (nSPS) is 13.4. The van der Waals surface area contributed by atoms with Crippen LogP contribution >= 0.6 is 11.8 Å². The van der Waals surface area contributed by atoms with Crippen LogP contribution in [-0.4, -0.2) is 31.9 Å². The number of para-hydroxylation sites is 3. The third-order valence-corrected chi connectivity index (χ3v) is 4.61. The molecule has 0 spiro atoms. The molecule has 3 rings (SSSR count). The van der Waals surface area contributed by atoms with Gasteiger partial charge in [-0.1, -0.05) is 24.3 Å². The van der Waals surface area contributed by atoms with Gasteiger partial charge in [-0.2, -0.15) is 0 Å². The Morgan fingerprint density at radius 2 is 2.00 bits per heavy atom. The van der Waals surface area contributed by atoms with Crippen molar-refractivity contribution in [3.63, 3.8) is 0 Å². The molecule has 5 heteroatoms. The number of rotatable bonds is 4. The Balaban J connectivity index is 1.71. The Hall–Kier alpha value is -2.14. The second-order valence-corrected chi connectivity index (χ2v) is 6.05. The summed E-state index contributed by atoms with van der Waals surface area (Å²) in [7, 11) is 1.63. The fourth-order valence-electron chi connectivity index (χ4n) is 2.49. The van der Waals surface area contributed by atoms with E-state index < -0.39 is 0 Å². The van der Waals surface area contributed by atoms with Crippen molar-refractivity contribution in [2.75, 3.05) is 36.2 Å². The number of carbonyl (C=O) groups excluding carboxylic acids is 1. The zero-order valence-corrected chi connectivity index (χ0v) is 13.2. The second kappa shape index (κ2) is 6.75. The fourth-order valence-corrected chi connectivity index (χ4v) is 3.48. The van der Waals surface area contributed by atoms with Crippen LogP contribution in [0, 0.1) is 0 Å². The highest BCUT2D eigenvalue weighted by Gasteiger charge is 2.22. The number of benzene rings is 2. The maximum absolute atomic E-state index is 12.5. The third kappa shape index (κ3) is 3.04. The first kappa shape index (κ1) is 14.8. The Morgan fingerprint density at radius 3 is 2.86 bits per heavy atom. The van der Waals surface area contributed by atoms with Gasteiger partial charge >= 0.3 is 0 Å². The number of anilines is 2. The monoisotopic (exact) mass is 314 g/mol. The van der Waals surface area contributed by atoms with E-state index in [0.717, 1.165) is 29.4 Å². The van der Waals surface area contributed by atoms with Gasteiger partial charge < -0.3 is 15.0 Å². The Bertz CT molecular complexity index is 675. The van der Waals surface area contributed by atoms with Crippen LogP contribution in [0.25, 0.3) is 0 Å². The average molecular weight is 314 g/mol. The number of methoxy groups -OCH3 is 1. The summed E-state index contributed by atoms with van der Waals surface area (Å²) in [4.78, 5) is 15.6. The lowest BCUT2D eigenvalue weighted by Crippen LogP contribution is -2.39. The highest BCUT2D eigenvalue weighted by molar-refractivity contribution is 7.99. The molecule has 0 atom stereocenters. The topological polar surface area (TPSA) is 41.6 Å². The van der Waals surface area contributed by atoms with Crippen molar-refractivity contribution in [3.05, 3.63) is 48.5 Å². The number of ether oxygens (including phenoxy) is 1. The first-order valence-electron chi connectivity index (χ1n) is 7.18. The molecule has 0 saturated heterocycles. The molecule has 0 bridgehead atoms. The van der Waals surface area contributed by atoms with Crippen LogP contribution in [-0.2, 0) is 4.79 Å². The molecule has 1 heterocycles. The minimum absolute atomic E-state index is 0.0682. The van der Waals surface area contributed by atoms with E-state index in [9.17, 15) is 4.79 Å². The average Bonchev–Trinajstić information content (AvgIpc) is 2.59. The Labute approximate surface area is 134 Å². The van der Waals surface area contributed by atoms with Gasteiger partial charge in [-0.25, -0.2) is 0 Å². The molecule has 22 heavy (non-hydrogen) atoms. The van der Waals surface area contributed by atoms with Crippen LogP contribution in [0.2, 0.25) is 0 Å². The molecule has 114 valence electrons. The van der Waals surface area contributed by atoms with Gasteiger partial charge in [0.15, 0.2) is 0 Å². The van der Waals surface area contributed by atoms with Crippen molar-refractivity contribution in [2.24, 2.45) is 0 Å². The van der Waals surface area contributed by atoms with Crippen LogP contribution < -0.4 is 15.0 Å². The van der Waals surface area contributed by atoms with E-state index >= 15 is 0 Å². The fraction of sp³-hybridized carbons (Fsp3) is 0.235. The summed E-state index contributed by atoms with van der Waals surface area (Å²) < 4.78 is 5.29. The first-order chi connectivity index (χ1) is 10.8. The summed E-state index contributed by atoms with van der Waals surface area (Å²) in [6.07, 6.45) is 0. The van der Waals surface area contributed by atoms with Crippen molar-refractivity contribution in [1.82, 2.24) is 0 Å². The van der Waals surface area contributed by atoms with Crippen molar-refractivity contribution >= 4 is 29.0 Å². The predicted octanol–water partition coefficient (Wildman–Crippen LogP) is 3.25.